The maximum absolute atomic E-state index is 11.9. The molecule has 0 aliphatic heterocycles. The molecule has 0 aromatic rings. The summed E-state index contributed by atoms with van der Waals surface area (Å²) in [6, 6.07) is 0. The summed E-state index contributed by atoms with van der Waals surface area (Å²) < 4.78 is 102. The molecule has 0 rings (SSSR count). The zero-order valence-corrected chi connectivity index (χ0v) is 5.48. The van der Waals surface area contributed by atoms with Gasteiger partial charge in [0.1, 0.15) is 0 Å². The van der Waals surface area contributed by atoms with Crippen LogP contribution in [0.1, 0.15) is 0 Å². The third kappa shape index (κ3) is 1.83. The molecule has 0 atom stereocenters. The molecule has 13 heavy (non-hydrogen) atoms. The third-order valence-corrected chi connectivity index (χ3v) is 1.13. The van der Waals surface area contributed by atoms with Crippen molar-refractivity contribution >= 4 is 0 Å². The minimum absolute atomic E-state index is 5.20. The molecule has 0 aliphatic carbocycles. The van der Waals surface area contributed by atoms with E-state index in [4.69, 9.17) is 0 Å². The number of halogens is 9. The van der Waals surface area contributed by atoms with Crippen molar-refractivity contribution in [3.8, 4) is 0 Å². The topological polar surface area (TPSA) is 0 Å². The fourth-order valence-electron chi connectivity index (χ4n) is 0.408. The summed E-state index contributed by atoms with van der Waals surface area (Å²) in [5.41, 5.74) is -6.46. The molecule has 0 aliphatic rings. The number of hydrogen-bond acceptors (Lipinski definition) is 0. The van der Waals surface area contributed by atoms with Crippen LogP contribution in [0.4, 0.5) is 39.5 Å². The molecular weight excluding hydrogens is 219 g/mol. The molecule has 0 amide bonds. The van der Waals surface area contributed by atoms with Crippen molar-refractivity contribution < 1.29 is 39.5 Å². The van der Waals surface area contributed by atoms with Gasteiger partial charge in [-0.15, -0.1) is 0 Å². The first-order valence-electron chi connectivity index (χ1n) is 2.55. The summed E-state index contributed by atoms with van der Waals surface area (Å²) in [5.74, 6) is 0. The molecule has 0 saturated carbocycles. The van der Waals surface area contributed by atoms with Gasteiger partial charge in [-0.3, -0.25) is 0 Å². The van der Waals surface area contributed by atoms with Gasteiger partial charge >= 0.3 is 18.0 Å². The molecule has 0 nitrogen and oxygen atoms in total. The molecule has 0 spiro atoms. The van der Waals surface area contributed by atoms with Gasteiger partial charge in [0.05, 0.1) is 0 Å². The van der Waals surface area contributed by atoms with E-state index >= 15 is 0 Å². The van der Waals surface area contributed by atoms with Crippen LogP contribution in [-0.2, 0) is 0 Å². The van der Waals surface area contributed by atoms with Gasteiger partial charge in [0.2, 0.25) is 0 Å². The Morgan fingerprint density at radius 3 is 0.846 bits per heavy atom. The lowest BCUT2D eigenvalue weighted by molar-refractivity contribution is -0.370. The number of hydrogen-bond donors (Lipinski definition) is 0. The standard InChI is InChI=1S/C4HF9/c5-1(6)2(7,3(8,9)10)4(11,12)13/h1H. The second-order valence-electron chi connectivity index (χ2n) is 2.01. The first-order valence-corrected chi connectivity index (χ1v) is 2.55. The fourth-order valence-corrected chi connectivity index (χ4v) is 0.408. The van der Waals surface area contributed by atoms with E-state index in [0.717, 1.165) is 0 Å². The Bertz CT molecular complexity index is 159. The maximum atomic E-state index is 11.9. The van der Waals surface area contributed by atoms with Crippen LogP contribution in [0.2, 0.25) is 0 Å². The summed E-state index contributed by atoms with van der Waals surface area (Å²) in [4.78, 5) is 0. The average molecular weight is 220 g/mol. The molecule has 0 aromatic heterocycles. The van der Waals surface area contributed by atoms with Gasteiger partial charge < -0.3 is 0 Å². The van der Waals surface area contributed by atoms with Gasteiger partial charge in [0.15, 0.2) is 0 Å². The predicted octanol–water partition coefficient (Wildman–Crippen LogP) is 3.08. The summed E-state index contributed by atoms with van der Waals surface area (Å²) in [7, 11) is 0. The molecule has 0 bridgehead atoms. The Labute approximate surface area is 65.3 Å². The van der Waals surface area contributed by atoms with Crippen molar-refractivity contribution in [1.82, 2.24) is 0 Å². The zero-order chi connectivity index (χ0) is 11.1. The van der Waals surface area contributed by atoms with E-state index in [9.17, 15) is 39.5 Å². The minimum Gasteiger partial charge on any atom is -0.217 e. The van der Waals surface area contributed by atoms with Crippen molar-refractivity contribution in [3.63, 3.8) is 0 Å². The molecule has 0 aromatic carbocycles. The van der Waals surface area contributed by atoms with Gasteiger partial charge in [-0.2, -0.15) is 26.3 Å². The van der Waals surface area contributed by atoms with Gasteiger partial charge in [-0.25, -0.2) is 13.2 Å². The van der Waals surface area contributed by atoms with Gasteiger partial charge in [0, 0.05) is 0 Å². The van der Waals surface area contributed by atoms with Gasteiger partial charge in [-0.1, -0.05) is 0 Å². The summed E-state index contributed by atoms with van der Waals surface area (Å²) >= 11 is 0. The Hall–Kier alpha value is -0.630. The number of alkyl halides is 9. The lowest BCUT2D eigenvalue weighted by Crippen LogP contribution is -2.58. The van der Waals surface area contributed by atoms with Crippen LogP contribution >= 0.6 is 0 Å². The zero-order valence-electron chi connectivity index (χ0n) is 5.48. The molecule has 80 valence electrons. The van der Waals surface area contributed by atoms with Crippen LogP contribution in [0.25, 0.3) is 0 Å². The molecule has 0 unspecified atom stereocenters. The second-order valence-corrected chi connectivity index (χ2v) is 2.01. The number of rotatable bonds is 1. The van der Waals surface area contributed by atoms with Crippen LogP contribution in [-0.4, -0.2) is 24.4 Å². The Morgan fingerprint density at radius 2 is 0.846 bits per heavy atom. The highest BCUT2D eigenvalue weighted by Gasteiger charge is 2.78. The predicted molar refractivity (Wildman–Crippen MR) is 22.0 cm³/mol. The van der Waals surface area contributed by atoms with Crippen molar-refractivity contribution in [1.29, 1.82) is 0 Å². The molecule has 0 radical (unpaired) electrons. The normalized spacial score (nSPS) is 15.2. The molecule has 0 N–H and O–H groups in total. The minimum atomic E-state index is -6.68. The van der Waals surface area contributed by atoms with Crippen molar-refractivity contribution in [2.45, 2.75) is 24.4 Å². The smallest absolute Gasteiger partial charge is 0.217 e. The first kappa shape index (κ1) is 12.4. The quantitative estimate of drug-likeness (QED) is 0.595. The molecule has 0 fully saturated rings. The fraction of sp³-hybridized carbons (Fsp3) is 1.00. The van der Waals surface area contributed by atoms with E-state index in [1.807, 2.05) is 0 Å². The highest BCUT2D eigenvalue weighted by atomic mass is 19.4. The first-order chi connectivity index (χ1) is 5.44. The second kappa shape index (κ2) is 2.95. The lowest BCUT2D eigenvalue weighted by Gasteiger charge is -2.28. The van der Waals surface area contributed by atoms with Gasteiger partial charge in [0.25, 0.3) is 6.43 Å². The van der Waals surface area contributed by atoms with Crippen molar-refractivity contribution in [2.24, 2.45) is 0 Å². The Morgan fingerprint density at radius 1 is 0.615 bits per heavy atom. The van der Waals surface area contributed by atoms with E-state index < -0.39 is 24.4 Å². The summed E-state index contributed by atoms with van der Waals surface area (Å²) in [6.07, 6.45) is -18.6. The monoisotopic (exact) mass is 220 g/mol. The Kier molecular flexibility index (Phi) is 2.80. The van der Waals surface area contributed by atoms with Crippen LogP contribution in [0.5, 0.6) is 0 Å². The van der Waals surface area contributed by atoms with Crippen LogP contribution < -0.4 is 0 Å². The average Bonchev–Trinajstić information content (AvgIpc) is 1.80. The van der Waals surface area contributed by atoms with Gasteiger partial charge in [-0.05, 0) is 0 Å². The molecular formula is C4HF9. The Balaban J connectivity index is 5.22. The van der Waals surface area contributed by atoms with E-state index in [1.165, 1.54) is 0 Å². The maximum Gasteiger partial charge on any atom is 0.437 e. The van der Waals surface area contributed by atoms with Crippen LogP contribution in [0.3, 0.4) is 0 Å². The third-order valence-electron chi connectivity index (χ3n) is 1.13. The van der Waals surface area contributed by atoms with E-state index in [2.05, 4.69) is 0 Å². The van der Waals surface area contributed by atoms with Crippen molar-refractivity contribution in [3.05, 3.63) is 0 Å². The highest BCUT2D eigenvalue weighted by Crippen LogP contribution is 2.49. The largest absolute Gasteiger partial charge is 0.437 e. The summed E-state index contributed by atoms with van der Waals surface area (Å²) in [5, 5.41) is 0. The molecule has 0 heterocycles. The highest BCUT2D eigenvalue weighted by molar-refractivity contribution is 4.96. The summed E-state index contributed by atoms with van der Waals surface area (Å²) in [6.45, 7) is 0. The van der Waals surface area contributed by atoms with Crippen LogP contribution in [0, 0.1) is 0 Å². The molecule has 9 heteroatoms. The SMILES string of the molecule is FC(F)C(F)(C(F)(F)F)C(F)(F)F. The van der Waals surface area contributed by atoms with Crippen LogP contribution in [0.15, 0.2) is 0 Å². The van der Waals surface area contributed by atoms with Crippen molar-refractivity contribution in [2.75, 3.05) is 0 Å². The van der Waals surface area contributed by atoms with E-state index in [-0.39, 0.29) is 0 Å². The lowest BCUT2D eigenvalue weighted by atomic mass is 10.1. The van der Waals surface area contributed by atoms with E-state index in [0.29, 0.717) is 0 Å². The molecule has 0 saturated heterocycles. The van der Waals surface area contributed by atoms with E-state index in [1.54, 1.807) is 0 Å².